The molecule has 3 rings (SSSR count). The first kappa shape index (κ1) is 12.8. The Balaban J connectivity index is 2.05. The molecule has 1 N–H and O–H groups in total. The minimum Gasteiger partial charge on any atom is -0.423 e. The molecule has 0 atom stereocenters. The summed E-state index contributed by atoms with van der Waals surface area (Å²) in [6, 6.07) is 14.6. The molecule has 100 valence electrons. The van der Waals surface area contributed by atoms with Gasteiger partial charge in [0.05, 0.1) is 10.7 Å². The van der Waals surface area contributed by atoms with Crippen LogP contribution in [0, 0.1) is 6.92 Å². The Morgan fingerprint density at radius 2 is 1.90 bits per heavy atom. The Labute approximate surface area is 120 Å². The summed E-state index contributed by atoms with van der Waals surface area (Å²) in [4.78, 5) is 11.4. The van der Waals surface area contributed by atoms with Gasteiger partial charge < -0.3 is 9.73 Å². The number of hydrogen-bond acceptors (Lipinski definition) is 3. The van der Waals surface area contributed by atoms with Gasteiger partial charge in [-0.05, 0) is 36.8 Å². The second kappa shape index (κ2) is 5.02. The molecule has 0 amide bonds. The first-order valence-corrected chi connectivity index (χ1v) is 6.57. The number of hydrogen-bond donors (Lipinski definition) is 1. The van der Waals surface area contributed by atoms with Crippen LogP contribution >= 0.6 is 11.6 Å². The van der Waals surface area contributed by atoms with Crippen LogP contribution in [0.15, 0.2) is 57.7 Å². The predicted octanol–water partition coefficient (Wildman–Crippen LogP) is 4.50. The summed E-state index contributed by atoms with van der Waals surface area (Å²) in [5.41, 5.74) is 2.75. The van der Waals surface area contributed by atoms with Crippen LogP contribution in [0.4, 0.5) is 11.4 Å². The zero-order valence-corrected chi connectivity index (χ0v) is 11.6. The van der Waals surface area contributed by atoms with Gasteiger partial charge in [-0.2, -0.15) is 0 Å². The second-order valence-electron chi connectivity index (χ2n) is 4.56. The lowest BCUT2D eigenvalue weighted by atomic mass is 10.1. The first-order valence-electron chi connectivity index (χ1n) is 6.19. The zero-order valence-electron chi connectivity index (χ0n) is 10.8. The van der Waals surface area contributed by atoms with Crippen LogP contribution in [0.1, 0.15) is 5.56 Å². The standard InChI is InChI=1S/C16H12ClNO2/c1-10-8-16(19)20-15-9-11(6-7-12(10)15)18-14-5-3-2-4-13(14)17/h2-9,18H,1H3. The first-order chi connectivity index (χ1) is 9.63. The molecule has 0 saturated heterocycles. The van der Waals surface area contributed by atoms with Crippen LogP contribution in [-0.2, 0) is 0 Å². The van der Waals surface area contributed by atoms with E-state index in [1.807, 2.05) is 43.3 Å². The van der Waals surface area contributed by atoms with Crippen LogP contribution in [0.2, 0.25) is 5.02 Å². The molecule has 0 aliphatic rings. The summed E-state index contributed by atoms with van der Waals surface area (Å²) in [6.45, 7) is 1.89. The number of benzene rings is 2. The molecule has 1 heterocycles. The van der Waals surface area contributed by atoms with Crippen molar-refractivity contribution in [2.24, 2.45) is 0 Å². The van der Waals surface area contributed by atoms with E-state index in [1.54, 1.807) is 6.07 Å². The predicted molar refractivity (Wildman–Crippen MR) is 82.0 cm³/mol. The van der Waals surface area contributed by atoms with Gasteiger partial charge in [-0.15, -0.1) is 0 Å². The monoisotopic (exact) mass is 285 g/mol. The molecule has 0 radical (unpaired) electrons. The number of para-hydroxylation sites is 1. The third-order valence-electron chi connectivity index (χ3n) is 3.10. The van der Waals surface area contributed by atoms with E-state index in [9.17, 15) is 4.79 Å². The highest BCUT2D eigenvalue weighted by molar-refractivity contribution is 6.33. The number of nitrogens with one attached hydrogen (secondary N) is 1. The molecule has 0 saturated carbocycles. The van der Waals surface area contributed by atoms with Crippen molar-refractivity contribution in [3.05, 3.63) is 69.5 Å². The molecular weight excluding hydrogens is 274 g/mol. The highest BCUT2D eigenvalue weighted by Gasteiger charge is 2.05. The van der Waals surface area contributed by atoms with Crippen LogP contribution in [0.25, 0.3) is 11.0 Å². The van der Waals surface area contributed by atoms with E-state index in [4.69, 9.17) is 16.0 Å². The lowest BCUT2D eigenvalue weighted by molar-refractivity contribution is 0.560. The minimum absolute atomic E-state index is 0.343. The quantitative estimate of drug-likeness (QED) is 0.705. The molecule has 0 spiro atoms. The summed E-state index contributed by atoms with van der Waals surface area (Å²) >= 11 is 6.11. The molecule has 0 aliphatic carbocycles. The molecule has 0 bridgehead atoms. The van der Waals surface area contributed by atoms with E-state index in [0.717, 1.165) is 22.3 Å². The van der Waals surface area contributed by atoms with Crippen molar-refractivity contribution in [1.82, 2.24) is 0 Å². The molecule has 1 aromatic heterocycles. The number of fused-ring (bicyclic) bond motifs is 1. The lowest BCUT2D eigenvalue weighted by Crippen LogP contribution is -1.98. The average molecular weight is 286 g/mol. The van der Waals surface area contributed by atoms with E-state index in [0.29, 0.717) is 10.6 Å². The Morgan fingerprint density at radius 1 is 1.10 bits per heavy atom. The van der Waals surface area contributed by atoms with E-state index in [-0.39, 0.29) is 5.63 Å². The fourth-order valence-electron chi connectivity index (χ4n) is 2.12. The van der Waals surface area contributed by atoms with Crippen molar-refractivity contribution in [3.63, 3.8) is 0 Å². The van der Waals surface area contributed by atoms with Crippen LogP contribution in [0.3, 0.4) is 0 Å². The van der Waals surface area contributed by atoms with Gasteiger partial charge in [0.15, 0.2) is 0 Å². The maximum atomic E-state index is 11.4. The number of rotatable bonds is 2. The molecule has 3 nitrogen and oxygen atoms in total. The topological polar surface area (TPSA) is 42.2 Å². The Hall–Kier alpha value is -2.26. The Kier molecular flexibility index (Phi) is 3.20. The molecule has 0 unspecified atom stereocenters. The molecule has 20 heavy (non-hydrogen) atoms. The van der Waals surface area contributed by atoms with Gasteiger partial charge in [-0.3, -0.25) is 0 Å². The van der Waals surface area contributed by atoms with Crippen LogP contribution in [0.5, 0.6) is 0 Å². The smallest absolute Gasteiger partial charge is 0.336 e. The zero-order chi connectivity index (χ0) is 14.1. The summed E-state index contributed by atoms with van der Waals surface area (Å²) < 4.78 is 5.22. The molecule has 2 aromatic carbocycles. The van der Waals surface area contributed by atoms with Crippen LogP contribution in [-0.4, -0.2) is 0 Å². The highest BCUT2D eigenvalue weighted by atomic mass is 35.5. The van der Waals surface area contributed by atoms with Gasteiger partial charge in [0.2, 0.25) is 0 Å². The molecule has 0 fully saturated rings. The molecular formula is C16H12ClNO2. The fraction of sp³-hybridized carbons (Fsp3) is 0.0625. The van der Waals surface area contributed by atoms with Gasteiger partial charge in [0, 0.05) is 23.2 Å². The van der Waals surface area contributed by atoms with Crippen molar-refractivity contribution in [1.29, 1.82) is 0 Å². The maximum Gasteiger partial charge on any atom is 0.336 e. The van der Waals surface area contributed by atoms with Crippen molar-refractivity contribution >= 4 is 33.9 Å². The van der Waals surface area contributed by atoms with E-state index in [1.165, 1.54) is 6.07 Å². The Bertz CT molecular complexity index is 839. The van der Waals surface area contributed by atoms with Gasteiger partial charge in [0.25, 0.3) is 0 Å². The number of anilines is 2. The van der Waals surface area contributed by atoms with Gasteiger partial charge in [-0.25, -0.2) is 4.79 Å². The van der Waals surface area contributed by atoms with Crippen molar-refractivity contribution < 1.29 is 4.42 Å². The highest BCUT2D eigenvalue weighted by Crippen LogP contribution is 2.27. The average Bonchev–Trinajstić information content (AvgIpc) is 2.41. The van der Waals surface area contributed by atoms with Crippen molar-refractivity contribution in [2.45, 2.75) is 6.92 Å². The summed E-state index contributed by atoms with van der Waals surface area (Å²) in [5, 5.41) is 4.77. The van der Waals surface area contributed by atoms with Crippen molar-refractivity contribution in [2.75, 3.05) is 5.32 Å². The van der Waals surface area contributed by atoms with Crippen LogP contribution < -0.4 is 10.9 Å². The minimum atomic E-state index is -0.343. The number of halogens is 1. The third kappa shape index (κ3) is 2.40. The lowest BCUT2D eigenvalue weighted by Gasteiger charge is -2.09. The number of aryl methyl sites for hydroxylation is 1. The maximum absolute atomic E-state index is 11.4. The summed E-state index contributed by atoms with van der Waals surface area (Å²) in [5.74, 6) is 0. The molecule has 0 aliphatic heterocycles. The summed E-state index contributed by atoms with van der Waals surface area (Å²) in [7, 11) is 0. The molecule has 3 aromatic rings. The van der Waals surface area contributed by atoms with E-state index in [2.05, 4.69) is 5.32 Å². The normalized spacial score (nSPS) is 10.7. The van der Waals surface area contributed by atoms with E-state index < -0.39 is 0 Å². The molecule has 4 heteroatoms. The van der Waals surface area contributed by atoms with Gasteiger partial charge in [0.1, 0.15) is 5.58 Å². The van der Waals surface area contributed by atoms with Crippen molar-refractivity contribution in [3.8, 4) is 0 Å². The summed E-state index contributed by atoms with van der Waals surface area (Å²) in [6.07, 6.45) is 0. The fourth-order valence-corrected chi connectivity index (χ4v) is 2.30. The SMILES string of the molecule is Cc1cc(=O)oc2cc(Nc3ccccc3Cl)ccc12. The second-order valence-corrected chi connectivity index (χ2v) is 4.97. The third-order valence-corrected chi connectivity index (χ3v) is 3.43. The van der Waals surface area contributed by atoms with Gasteiger partial charge in [-0.1, -0.05) is 23.7 Å². The van der Waals surface area contributed by atoms with E-state index >= 15 is 0 Å². The Morgan fingerprint density at radius 3 is 2.70 bits per heavy atom. The largest absolute Gasteiger partial charge is 0.423 e. The van der Waals surface area contributed by atoms with Gasteiger partial charge >= 0.3 is 5.63 Å².